The van der Waals surface area contributed by atoms with E-state index in [1.165, 1.54) is 6.33 Å². The smallest absolute Gasteiger partial charge is 0.267 e. The van der Waals surface area contributed by atoms with Crippen LogP contribution < -0.4 is 10.9 Å². The number of nitrogens with zero attached hydrogens (tertiary/aromatic N) is 1. The molecule has 0 aliphatic carbocycles. The maximum absolute atomic E-state index is 11.2. The van der Waals surface area contributed by atoms with E-state index in [1.807, 2.05) is 0 Å². The lowest BCUT2D eigenvalue weighted by Crippen LogP contribution is -2.13. The zero-order valence-corrected chi connectivity index (χ0v) is 9.89. The molecular formula is C9H14BrN3O. The Morgan fingerprint density at radius 2 is 2.36 bits per heavy atom. The van der Waals surface area contributed by atoms with Crippen molar-refractivity contribution in [1.29, 1.82) is 0 Å². The molecule has 0 amide bonds. The van der Waals surface area contributed by atoms with Gasteiger partial charge in [0.15, 0.2) is 0 Å². The van der Waals surface area contributed by atoms with Gasteiger partial charge in [-0.2, -0.15) is 0 Å². The topological polar surface area (TPSA) is 57.8 Å². The van der Waals surface area contributed by atoms with E-state index in [9.17, 15) is 4.79 Å². The van der Waals surface area contributed by atoms with E-state index in [4.69, 9.17) is 0 Å². The summed E-state index contributed by atoms with van der Waals surface area (Å²) in [7, 11) is 0. The molecule has 0 saturated heterocycles. The van der Waals surface area contributed by atoms with Crippen molar-refractivity contribution in [2.24, 2.45) is 5.92 Å². The summed E-state index contributed by atoms with van der Waals surface area (Å²) in [5.74, 6) is 1.25. The number of aromatic amines is 1. The SMILES string of the molecule is CC(C)CCNc1nc[nH]c(=O)c1Br. The van der Waals surface area contributed by atoms with Crippen LogP contribution >= 0.6 is 15.9 Å². The first kappa shape index (κ1) is 11.2. The minimum absolute atomic E-state index is 0.160. The number of hydrogen-bond acceptors (Lipinski definition) is 3. The molecule has 0 bridgehead atoms. The third-order valence-electron chi connectivity index (χ3n) is 1.81. The van der Waals surface area contributed by atoms with Gasteiger partial charge in [0, 0.05) is 6.54 Å². The minimum Gasteiger partial charge on any atom is -0.369 e. The third-order valence-corrected chi connectivity index (χ3v) is 2.55. The van der Waals surface area contributed by atoms with Crippen LogP contribution in [0.3, 0.4) is 0 Å². The standard InChI is InChI=1S/C9H14BrN3O/c1-6(2)3-4-11-8-7(10)9(14)13-5-12-8/h5-6H,3-4H2,1-2H3,(H2,11,12,13,14). The van der Waals surface area contributed by atoms with Gasteiger partial charge in [-0.05, 0) is 28.3 Å². The Balaban J connectivity index is 2.59. The maximum atomic E-state index is 11.2. The van der Waals surface area contributed by atoms with Gasteiger partial charge in [-0.3, -0.25) is 4.79 Å². The van der Waals surface area contributed by atoms with Crippen molar-refractivity contribution in [2.45, 2.75) is 20.3 Å². The van der Waals surface area contributed by atoms with Crippen LogP contribution in [-0.2, 0) is 0 Å². The molecular weight excluding hydrogens is 246 g/mol. The first-order valence-corrected chi connectivity index (χ1v) is 5.37. The second-order valence-electron chi connectivity index (χ2n) is 3.50. The van der Waals surface area contributed by atoms with Gasteiger partial charge in [0.2, 0.25) is 0 Å². The Morgan fingerprint density at radius 1 is 1.64 bits per heavy atom. The highest BCUT2D eigenvalue weighted by molar-refractivity contribution is 9.10. The Morgan fingerprint density at radius 3 is 3.00 bits per heavy atom. The summed E-state index contributed by atoms with van der Waals surface area (Å²) in [6, 6.07) is 0. The molecule has 0 atom stereocenters. The molecule has 4 nitrogen and oxygen atoms in total. The lowest BCUT2D eigenvalue weighted by atomic mass is 10.1. The van der Waals surface area contributed by atoms with Crippen LogP contribution in [0, 0.1) is 5.92 Å². The monoisotopic (exact) mass is 259 g/mol. The number of hydrogen-bond donors (Lipinski definition) is 2. The van der Waals surface area contributed by atoms with Gasteiger partial charge in [-0.15, -0.1) is 0 Å². The maximum Gasteiger partial charge on any atom is 0.267 e. The zero-order chi connectivity index (χ0) is 10.6. The molecule has 0 spiro atoms. The van der Waals surface area contributed by atoms with Gasteiger partial charge in [0.25, 0.3) is 5.56 Å². The minimum atomic E-state index is -0.160. The van der Waals surface area contributed by atoms with Crippen molar-refractivity contribution < 1.29 is 0 Å². The fraction of sp³-hybridized carbons (Fsp3) is 0.556. The Labute approximate surface area is 91.3 Å². The third kappa shape index (κ3) is 3.14. The van der Waals surface area contributed by atoms with E-state index in [0.29, 0.717) is 16.2 Å². The number of halogens is 1. The molecule has 0 saturated carbocycles. The molecule has 1 heterocycles. The van der Waals surface area contributed by atoms with Gasteiger partial charge in [0.05, 0.1) is 6.33 Å². The summed E-state index contributed by atoms with van der Waals surface area (Å²) in [5.41, 5.74) is -0.160. The molecule has 0 radical (unpaired) electrons. The van der Waals surface area contributed by atoms with Gasteiger partial charge in [-0.25, -0.2) is 4.98 Å². The fourth-order valence-electron chi connectivity index (χ4n) is 0.986. The van der Waals surface area contributed by atoms with Crippen LogP contribution in [0.1, 0.15) is 20.3 Å². The molecule has 0 aliphatic rings. The number of H-pyrrole nitrogens is 1. The van der Waals surface area contributed by atoms with Gasteiger partial charge in [0.1, 0.15) is 10.3 Å². The van der Waals surface area contributed by atoms with Crippen molar-refractivity contribution in [3.8, 4) is 0 Å². The van der Waals surface area contributed by atoms with E-state index in [-0.39, 0.29) is 5.56 Å². The molecule has 14 heavy (non-hydrogen) atoms. The van der Waals surface area contributed by atoms with Crippen molar-refractivity contribution in [3.63, 3.8) is 0 Å². The van der Waals surface area contributed by atoms with Gasteiger partial charge < -0.3 is 10.3 Å². The molecule has 0 aliphatic heterocycles. The molecule has 5 heteroatoms. The molecule has 1 aromatic heterocycles. The van der Waals surface area contributed by atoms with Crippen molar-refractivity contribution >= 4 is 21.7 Å². The number of rotatable bonds is 4. The predicted octanol–water partition coefficient (Wildman–Crippen LogP) is 1.99. The molecule has 1 rings (SSSR count). The van der Waals surface area contributed by atoms with Gasteiger partial charge >= 0.3 is 0 Å². The molecule has 1 aromatic rings. The Kier molecular flexibility index (Phi) is 4.13. The van der Waals surface area contributed by atoms with Crippen LogP contribution in [-0.4, -0.2) is 16.5 Å². The summed E-state index contributed by atoms with van der Waals surface area (Å²) in [4.78, 5) is 17.7. The highest BCUT2D eigenvalue weighted by atomic mass is 79.9. The van der Waals surface area contributed by atoms with Gasteiger partial charge in [-0.1, -0.05) is 13.8 Å². The average Bonchev–Trinajstić information content (AvgIpc) is 2.12. The second kappa shape index (κ2) is 5.14. The van der Waals surface area contributed by atoms with Crippen LogP contribution in [0.2, 0.25) is 0 Å². The molecule has 0 aromatic carbocycles. The number of nitrogens with one attached hydrogen (secondary N) is 2. The fourth-order valence-corrected chi connectivity index (χ4v) is 1.34. The van der Waals surface area contributed by atoms with E-state index in [1.54, 1.807) is 0 Å². The molecule has 0 unspecified atom stereocenters. The lowest BCUT2D eigenvalue weighted by Gasteiger charge is -2.07. The summed E-state index contributed by atoms with van der Waals surface area (Å²) in [6.07, 6.45) is 2.45. The second-order valence-corrected chi connectivity index (χ2v) is 4.30. The zero-order valence-electron chi connectivity index (χ0n) is 8.30. The highest BCUT2D eigenvalue weighted by Gasteiger charge is 2.03. The van der Waals surface area contributed by atoms with E-state index in [2.05, 4.69) is 45.1 Å². The quantitative estimate of drug-likeness (QED) is 0.870. The summed E-state index contributed by atoms with van der Waals surface area (Å²) in [6.45, 7) is 5.14. The number of anilines is 1. The summed E-state index contributed by atoms with van der Waals surface area (Å²) >= 11 is 3.18. The summed E-state index contributed by atoms with van der Waals surface area (Å²) in [5, 5.41) is 3.11. The first-order valence-electron chi connectivity index (χ1n) is 4.58. The van der Waals surface area contributed by atoms with Crippen LogP contribution in [0.4, 0.5) is 5.82 Å². The van der Waals surface area contributed by atoms with Crippen molar-refractivity contribution in [2.75, 3.05) is 11.9 Å². The lowest BCUT2D eigenvalue weighted by molar-refractivity contribution is 0.606. The van der Waals surface area contributed by atoms with E-state index >= 15 is 0 Å². The van der Waals surface area contributed by atoms with Crippen molar-refractivity contribution in [3.05, 3.63) is 21.2 Å². The predicted molar refractivity (Wildman–Crippen MR) is 60.5 cm³/mol. The largest absolute Gasteiger partial charge is 0.369 e. The molecule has 2 N–H and O–H groups in total. The van der Waals surface area contributed by atoms with Crippen LogP contribution in [0.5, 0.6) is 0 Å². The Hall–Kier alpha value is -0.840. The molecule has 0 fully saturated rings. The number of aromatic nitrogens is 2. The van der Waals surface area contributed by atoms with Crippen LogP contribution in [0.15, 0.2) is 15.6 Å². The van der Waals surface area contributed by atoms with Crippen molar-refractivity contribution in [1.82, 2.24) is 9.97 Å². The first-order chi connectivity index (χ1) is 6.61. The van der Waals surface area contributed by atoms with E-state index < -0.39 is 0 Å². The Bertz CT molecular complexity index is 348. The summed E-state index contributed by atoms with van der Waals surface area (Å²) < 4.78 is 0.462. The normalized spacial score (nSPS) is 10.6. The molecule has 78 valence electrons. The van der Waals surface area contributed by atoms with Crippen LogP contribution in [0.25, 0.3) is 0 Å². The highest BCUT2D eigenvalue weighted by Crippen LogP contribution is 2.13. The van der Waals surface area contributed by atoms with E-state index in [0.717, 1.165) is 13.0 Å². The average molecular weight is 260 g/mol.